The fraction of sp³-hybridized carbons (Fsp3) is 0.833. The van der Waals surface area contributed by atoms with Gasteiger partial charge < -0.3 is 10.0 Å². The van der Waals surface area contributed by atoms with Crippen LogP contribution in [0.2, 0.25) is 0 Å². The molecule has 1 heterocycles. The van der Waals surface area contributed by atoms with Crippen molar-refractivity contribution < 1.29 is 10.0 Å². The van der Waals surface area contributed by atoms with Crippen LogP contribution in [0.3, 0.4) is 0 Å². The summed E-state index contributed by atoms with van der Waals surface area (Å²) in [5.74, 6) is 0. The van der Waals surface area contributed by atoms with E-state index in [0.717, 1.165) is 25.9 Å². The normalized spacial score (nSPS) is 39.8. The summed E-state index contributed by atoms with van der Waals surface area (Å²) < 4.78 is 0. The number of hydrogen-bond donors (Lipinski definition) is 2. The van der Waals surface area contributed by atoms with Gasteiger partial charge in [-0.1, -0.05) is 0 Å². The van der Waals surface area contributed by atoms with Crippen LogP contribution in [0.4, 0.5) is 0 Å². The fourth-order valence-electron chi connectivity index (χ4n) is 1.13. The molecule has 1 fully saturated rings. The van der Waals surface area contributed by atoms with Crippen LogP contribution in [0, 0.1) is 7.05 Å². The van der Waals surface area contributed by atoms with E-state index in [1.807, 2.05) is 0 Å². The first kappa shape index (κ1) is 6.05. The maximum absolute atomic E-state index is 9.02. The van der Waals surface area contributed by atoms with Gasteiger partial charge in [0.05, 0.1) is 13.1 Å². The molecule has 1 rings (SSSR count). The van der Waals surface area contributed by atoms with Gasteiger partial charge in [0, 0.05) is 0 Å². The van der Waals surface area contributed by atoms with Gasteiger partial charge in [0.1, 0.15) is 6.10 Å². The van der Waals surface area contributed by atoms with Gasteiger partial charge in [0.15, 0.2) is 0 Å². The highest BCUT2D eigenvalue weighted by Gasteiger charge is 2.13. The highest BCUT2D eigenvalue weighted by atomic mass is 16.3. The van der Waals surface area contributed by atoms with Crippen molar-refractivity contribution in [2.75, 3.05) is 13.1 Å². The highest BCUT2D eigenvalue weighted by Crippen LogP contribution is 1.95. The van der Waals surface area contributed by atoms with Crippen LogP contribution in [0.25, 0.3) is 0 Å². The molecule has 2 atom stereocenters. The summed E-state index contributed by atoms with van der Waals surface area (Å²) in [6.07, 6.45) is 2.01. The Bertz CT molecular complexity index is 66.9. The van der Waals surface area contributed by atoms with Crippen molar-refractivity contribution in [1.82, 2.24) is 0 Å². The number of nitrogens with one attached hydrogen (secondary N) is 1. The van der Waals surface area contributed by atoms with Crippen LogP contribution in [-0.4, -0.2) is 24.3 Å². The topological polar surface area (TPSA) is 24.7 Å². The molecule has 1 saturated heterocycles. The van der Waals surface area contributed by atoms with E-state index in [-0.39, 0.29) is 6.10 Å². The summed E-state index contributed by atoms with van der Waals surface area (Å²) in [7, 11) is 3.80. The van der Waals surface area contributed by atoms with E-state index in [4.69, 9.17) is 5.11 Å². The average molecular weight is 115 g/mol. The van der Waals surface area contributed by atoms with Gasteiger partial charge in [-0.15, -0.1) is 0 Å². The second kappa shape index (κ2) is 2.46. The third-order valence-electron chi connectivity index (χ3n) is 1.59. The van der Waals surface area contributed by atoms with Crippen molar-refractivity contribution in [1.29, 1.82) is 0 Å². The third-order valence-corrected chi connectivity index (χ3v) is 1.59. The van der Waals surface area contributed by atoms with Crippen LogP contribution in [0.15, 0.2) is 0 Å². The number of quaternary nitrogens is 1. The Labute approximate surface area is 50.1 Å². The Balaban J connectivity index is 2.23. The molecule has 2 heteroatoms. The average Bonchev–Trinajstić information content (AvgIpc) is 1.64. The molecule has 8 heavy (non-hydrogen) atoms. The first-order chi connectivity index (χ1) is 3.79. The summed E-state index contributed by atoms with van der Waals surface area (Å²) in [6, 6.07) is 0. The zero-order valence-electron chi connectivity index (χ0n) is 5.06. The second-order valence-corrected chi connectivity index (χ2v) is 2.50. The van der Waals surface area contributed by atoms with Crippen LogP contribution in [0.1, 0.15) is 12.8 Å². The molecule has 0 spiro atoms. The lowest BCUT2D eigenvalue weighted by atomic mass is 10.1. The Morgan fingerprint density at radius 3 is 2.75 bits per heavy atom. The van der Waals surface area contributed by atoms with Crippen molar-refractivity contribution in [3.63, 3.8) is 0 Å². The van der Waals surface area contributed by atoms with E-state index in [1.165, 1.54) is 4.90 Å². The second-order valence-electron chi connectivity index (χ2n) is 2.50. The molecule has 1 unspecified atom stereocenters. The Morgan fingerprint density at radius 2 is 2.38 bits per heavy atom. The molecule has 0 aromatic heterocycles. The SMILES string of the molecule is [CH2-][NH+]1CCC[C@H](O)C1. The van der Waals surface area contributed by atoms with E-state index >= 15 is 0 Å². The first-order valence-electron chi connectivity index (χ1n) is 3.14. The molecule has 0 saturated carbocycles. The summed E-state index contributed by atoms with van der Waals surface area (Å²) in [4.78, 5) is 1.21. The number of rotatable bonds is 0. The van der Waals surface area contributed by atoms with Gasteiger partial charge >= 0.3 is 0 Å². The number of likely N-dealkylation sites (tertiary alicyclic amines) is 1. The van der Waals surface area contributed by atoms with Gasteiger partial charge in [-0.3, -0.25) is 0 Å². The summed E-state index contributed by atoms with van der Waals surface area (Å²) in [5, 5.41) is 9.02. The predicted molar refractivity (Wildman–Crippen MR) is 31.3 cm³/mol. The third kappa shape index (κ3) is 1.46. The molecule has 48 valence electrons. The number of aliphatic hydroxyl groups is 1. The van der Waals surface area contributed by atoms with Crippen molar-refractivity contribution in [2.24, 2.45) is 0 Å². The van der Waals surface area contributed by atoms with Crippen LogP contribution in [-0.2, 0) is 0 Å². The molecule has 2 N–H and O–H groups in total. The maximum Gasteiger partial charge on any atom is 0.101 e. The quantitative estimate of drug-likeness (QED) is 0.382. The molecule has 0 radical (unpaired) electrons. The van der Waals surface area contributed by atoms with Crippen LogP contribution >= 0.6 is 0 Å². The molecular weight excluding hydrogens is 102 g/mol. The molecule has 2 nitrogen and oxygen atoms in total. The molecule has 0 bridgehead atoms. The number of hydrogen-bond acceptors (Lipinski definition) is 1. The van der Waals surface area contributed by atoms with Gasteiger partial charge in [-0.05, 0) is 12.8 Å². The number of piperidine rings is 1. The zero-order chi connectivity index (χ0) is 5.98. The Kier molecular flexibility index (Phi) is 1.86. The van der Waals surface area contributed by atoms with Crippen molar-refractivity contribution >= 4 is 0 Å². The van der Waals surface area contributed by atoms with E-state index in [9.17, 15) is 0 Å². The zero-order valence-corrected chi connectivity index (χ0v) is 5.06. The minimum atomic E-state index is -0.0868. The summed E-state index contributed by atoms with van der Waals surface area (Å²) in [6.45, 7) is 1.96. The smallest absolute Gasteiger partial charge is 0.101 e. The lowest BCUT2D eigenvalue weighted by Gasteiger charge is -2.28. The van der Waals surface area contributed by atoms with Crippen molar-refractivity contribution in [3.05, 3.63) is 7.05 Å². The lowest BCUT2D eigenvalue weighted by molar-refractivity contribution is -0.863. The Hall–Kier alpha value is -0.0800. The van der Waals surface area contributed by atoms with Gasteiger partial charge in [-0.2, -0.15) is 7.05 Å². The van der Waals surface area contributed by atoms with E-state index in [1.54, 1.807) is 0 Å². The molecule has 0 aliphatic carbocycles. The van der Waals surface area contributed by atoms with E-state index in [2.05, 4.69) is 7.05 Å². The van der Waals surface area contributed by atoms with Gasteiger partial charge in [-0.25, -0.2) is 0 Å². The molecule has 1 aliphatic heterocycles. The van der Waals surface area contributed by atoms with Crippen LogP contribution < -0.4 is 4.90 Å². The summed E-state index contributed by atoms with van der Waals surface area (Å²) >= 11 is 0. The van der Waals surface area contributed by atoms with Crippen molar-refractivity contribution in [3.8, 4) is 0 Å². The molecule has 0 amide bonds. The van der Waals surface area contributed by atoms with Crippen molar-refractivity contribution in [2.45, 2.75) is 18.9 Å². The molecule has 1 aliphatic rings. The van der Waals surface area contributed by atoms with Gasteiger partial charge in [0.25, 0.3) is 0 Å². The highest BCUT2D eigenvalue weighted by molar-refractivity contribution is 4.56. The monoisotopic (exact) mass is 115 g/mol. The molecular formula is C6H13NO. The maximum atomic E-state index is 9.02. The largest absolute Gasteiger partial charge is 0.466 e. The predicted octanol–water partition coefficient (Wildman–Crippen LogP) is -1.18. The standard InChI is InChI=1S/C6H13NO/c1-7-4-2-3-6(8)5-7/h6-8H,1-5H2/t6-/m0/s1. The first-order valence-corrected chi connectivity index (χ1v) is 3.14. The van der Waals surface area contributed by atoms with Crippen LogP contribution in [0.5, 0.6) is 0 Å². The van der Waals surface area contributed by atoms with Gasteiger partial charge in [0.2, 0.25) is 0 Å². The van der Waals surface area contributed by atoms with E-state index < -0.39 is 0 Å². The molecule has 0 aromatic rings. The van der Waals surface area contributed by atoms with E-state index in [0.29, 0.717) is 0 Å². The minimum absolute atomic E-state index is 0.0868. The minimum Gasteiger partial charge on any atom is -0.466 e. The molecule has 0 aromatic carbocycles. The fourth-order valence-corrected chi connectivity index (χ4v) is 1.13. The Morgan fingerprint density at radius 1 is 1.62 bits per heavy atom. The number of aliphatic hydroxyl groups excluding tert-OH is 1. The summed E-state index contributed by atoms with van der Waals surface area (Å²) in [5.41, 5.74) is 0. The lowest BCUT2D eigenvalue weighted by Crippen LogP contribution is -3.09.